The lowest BCUT2D eigenvalue weighted by molar-refractivity contribution is -0.0157. The smallest absolute Gasteiger partial charge is 0.223 e. The summed E-state index contributed by atoms with van der Waals surface area (Å²) in [6, 6.07) is 0. The van der Waals surface area contributed by atoms with Gasteiger partial charge in [-0.1, -0.05) is 13.3 Å². The molecule has 1 heterocycles. The van der Waals surface area contributed by atoms with E-state index in [1.165, 1.54) is 6.42 Å². The SMILES string of the molecule is CCCCO[C]1CCCO1. The van der Waals surface area contributed by atoms with Crippen molar-refractivity contribution in [2.45, 2.75) is 32.6 Å². The molecular weight excluding hydrogens is 128 g/mol. The van der Waals surface area contributed by atoms with Crippen molar-refractivity contribution in [1.29, 1.82) is 0 Å². The monoisotopic (exact) mass is 143 g/mol. The fraction of sp³-hybridized carbons (Fsp3) is 0.875. The van der Waals surface area contributed by atoms with Gasteiger partial charge in [0.05, 0.1) is 13.2 Å². The summed E-state index contributed by atoms with van der Waals surface area (Å²) in [5.74, 6) is 0. The first-order chi connectivity index (χ1) is 4.93. The fourth-order valence-electron chi connectivity index (χ4n) is 0.919. The third kappa shape index (κ3) is 2.67. The third-order valence-corrected chi connectivity index (χ3v) is 1.55. The average Bonchev–Trinajstić information content (AvgIpc) is 2.41. The molecule has 0 aromatic carbocycles. The zero-order valence-corrected chi connectivity index (χ0v) is 6.56. The van der Waals surface area contributed by atoms with Crippen molar-refractivity contribution in [3.63, 3.8) is 0 Å². The summed E-state index contributed by atoms with van der Waals surface area (Å²) in [7, 11) is 0. The molecule has 0 atom stereocenters. The maximum Gasteiger partial charge on any atom is 0.223 e. The summed E-state index contributed by atoms with van der Waals surface area (Å²) in [6.07, 6.45) is 5.30. The summed E-state index contributed by atoms with van der Waals surface area (Å²) >= 11 is 0. The quantitative estimate of drug-likeness (QED) is 0.561. The van der Waals surface area contributed by atoms with Crippen LogP contribution in [0.1, 0.15) is 32.6 Å². The predicted octanol–water partition coefficient (Wildman–Crippen LogP) is 2.10. The Morgan fingerprint density at radius 3 is 3.10 bits per heavy atom. The molecule has 10 heavy (non-hydrogen) atoms. The van der Waals surface area contributed by atoms with Crippen LogP contribution in [0.2, 0.25) is 0 Å². The number of rotatable bonds is 4. The van der Waals surface area contributed by atoms with Crippen LogP contribution in [0.25, 0.3) is 0 Å². The van der Waals surface area contributed by atoms with Gasteiger partial charge in [-0.25, -0.2) is 0 Å². The molecule has 0 spiro atoms. The van der Waals surface area contributed by atoms with E-state index in [0.29, 0.717) is 0 Å². The molecule has 1 fully saturated rings. The maximum absolute atomic E-state index is 5.34. The molecule has 2 nitrogen and oxygen atoms in total. The lowest BCUT2D eigenvalue weighted by Crippen LogP contribution is -2.01. The minimum absolute atomic E-state index is 0.825. The van der Waals surface area contributed by atoms with Gasteiger partial charge in [-0.2, -0.15) is 0 Å². The summed E-state index contributed by atoms with van der Waals surface area (Å²) in [4.78, 5) is 0. The van der Waals surface area contributed by atoms with Crippen LogP contribution in [0.15, 0.2) is 0 Å². The molecule has 1 aliphatic heterocycles. The Kier molecular flexibility index (Phi) is 3.76. The molecule has 0 bridgehead atoms. The summed E-state index contributed by atoms with van der Waals surface area (Å²) in [6.45, 7) is 3.83. The van der Waals surface area contributed by atoms with Gasteiger partial charge >= 0.3 is 0 Å². The van der Waals surface area contributed by atoms with E-state index in [9.17, 15) is 0 Å². The van der Waals surface area contributed by atoms with Crippen molar-refractivity contribution in [2.24, 2.45) is 0 Å². The van der Waals surface area contributed by atoms with E-state index in [4.69, 9.17) is 9.47 Å². The van der Waals surface area contributed by atoms with Gasteiger partial charge in [-0.3, -0.25) is 0 Å². The highest BCUT2D eigenvalue weighted by Gasteiger charge is 2.16. The van der Waals surface area contributed by atoms with E-state index in [-0.39, 0.29) is 0 Å². The van der Waals surface area contributed by atoms with Gasteiger partial charge in [0.15, 0.2) is 0 Å². The highest BCUT2D eigenvalue weighted by Crippen LogP contribution is 2.20. The van der Waals surface area contributed by atoms with E-state index in [1.54, 1.807) is 0 Å². The van der Waals surface area contributed by atoms with E-state index in [1.807, 2.05) is 0 Å². The molecule has 0 unspecified atom stereocenters. The van der Waals surface area contributed by atoms with Gasteiger partial charge in [-0.05, 0) is 12.8 Å². The van der Waals surface area contributed by atoms with Crippen molar-refractivity contribution in [1.82, 2.24) is 0 Å². The fourth-order valence-corrected chi connectivity index (χ4v) is 0.919. The van der Waals surface area contributed by atoms with Crippen molar-refractivity contribution in [3.05, 3.63) is 6.29 Å². The molecule has 0 amide bonds. The molecular formula is C8H15O2. The zero-order chi connectivity index (χ0) is 7.23. The molecule has 0 N–H and O–H groups in total. The second-order valence-electron chi connectivity index (χ2n) is 2.53. The molecule has 1 rings (SSSR count). The Bertz CT molecular complexity index is 77.3. The topological polar surface area (TPSA) is 18.5 Å². The van der Waals surface area contributed by atoms with Gasteiger partial charge < -0.3 is 9.47 Å². The van der Waals surface area contributed by atoms with E-state index in [0.717, 1.165) is 38.8 Å². The van der Waals surface area contributed by atoms with Gasteiger partial charge in [0.1, 0.15) is 0 Å². The lowest BCUT2D eigenvalue weighted by Gasteiger charge is -2.07. The molecule has 0 aromatic heterocycles. The number of ether oxygens (including phenoxy) is 2. The minimum atomic E-state index is 0.825. The van der Waals surface area contributed by atoms with Crippen molar-refractivity contribution >= 4 is 0 Å². The van der Waals surface area contributed by atoms with Crippen LogP contribution in [0.3, 0.4) is 0 Å². The van der Waals surface area contributed by atoms with E-state index < -0.39 is 0 Å². The summed E-state index contributed by atoms with van der Waals surface area (Å²) in [5, 5.41) is 0. The van der Waals surface area contributed by atoms with Gasteiger partial charge in [0.2, 0.25) is 6.29 Å². The Balaban J connectivity index is 1.91. The van der Waals surface area contributed by atoms with Crippen LogP contribution in [-0.4, -0.2) is 13.2 Å². The predicted molar refractivity (Wildman–Crippen MR) is 39.3 cm³/mol. The Morgan fingerprint density at radius 2 is 2.50 bits per heavy atom. The van der Waals surface area contributed by atoms with Crippen molar-refractivity contribution < 1.29 is 9.47 Å². The van der Waals surface area contributed by atoms with Gasteiger partial charge in [0, 0.05) is 6.42 Å². The second kappa shape index (κ2) is 4.69. The van der Waals surface area contributed by atoms with Crippen LogP contribution in [0, 0.1) is 6.29 Å². The Labute approximate surface area is 62.5 Å². The second-order valence-corrected chi connectivity index (χ2v) is 2.53. The summed E-state index contributed by atoms with van der Waals surface area (Å²) < 4.78 is 10.5. The van der Waals surface area contributed by atoms with Crippen molar-refractivity contribution in [3.8, 4) is 0 Å². The first-order valence-corrected chi connectivity index (χ1v) is 4.05. The van der Waals surface area contributed by atoms with Crippen LogP contribution >= 0.6 is 0 Å². The Hall–Kier alpha value is -0.0800. The van der Waals surface area contributed by atoms with Crippen LogP contribution in [-0.2, 0) is 9.47 Å². The maximum atomic E-state index is 5.34. The highest BCUT2D eigenvalue weighted by atomic mass is 16.7. The van der Waals surface area contributed by atoms with Crippen LogP contribution < -0.4 is 0 Å². The zero-order valence-electron chi connectivity index (χ0n) is 6.56. The molecule has 0 aliphatic carbocycles. The normalized spacial score (nSPS) is 20.1. The van der Waals surface area contributed by atoms with Gasteiger partial charge in [-0.15, -0.1) is 0 Å². The largest absolute Gasteiger partial charge is 0.345 e. The molecule has 0 saturated carbocycles. The minimum Gasteiger partial charge on any atom is -0.345 e. The lowest BCUT2D eigenvalue weighted by atomic mass is 10.3. The standard InChI is InChI=1S/C8H15O2/c1-2-3-6-9-8-5-4-7-10-8/h2-7H2,1H3. The molecule has 1 saturated heterocycles. The summed E-state index contributed by atoms with van der Waals surface area (Å²) in [5.41, 5.74) is 0. The average molecular weight is 143 g/mol. The molecule has 59 valence electrons. The molecule has 2 heteroatoms. The van der Waals surface area contributed by atoms with Crippen LogP contribution in [0.4, 0.5) is 0 Å². The first kappa shape index (κ1) is 8.02. The third-order valence-electron chi connectivity index (χ3n) is 1.55. The van der Waals surface area contributed by atoms with Crippen molar-refractivity contribution in [2.75, 3.05) is 13.2 Å². The first-order valence-electron chi connectivity index (χ1n) is 4.05. The Morgan fingerprint density at radius 1 is 1.60 bits per heavy atom. The molecule has 0 aromatic rings. The van der Waals surface area contributed by atoms with E-state index >= 15 is 0 Å². The molecule has 1 radical (unpaired) electrons. The van der Waals surface area contributed by atoms with E-state index in [2.05, 4.69) is 6.92 Å². The van der Waals surface area contributed by atoms with Crippen LogP contribution in [0.5, 0.6) is 0 Å². The number of hydrogen-bond acceptors (Lipinski definition) is 2. The van der Waals surface area contributed by atoms with Gasteiger partial charge in [0.25, 0.3) is 0 Å². The number of hydrogen-bond donors (Lipinski definition) is 0. The molecule has 1 aliphatic rings. The highest BCUT2D eigenvalue weighted by molar-refractivity contribution is 4.71. The number of unbranched alkanes of at least 4 members (excludes halogenated alkanes) is 1.